The molecule has 7 heteroatoms. The number of aryl methyl sites for hydroxylation is 1. The van der Waals surface area contributed by atoms with Crippen LogP contribution in [0.25, 0.3) is 0 Å². The summed E-state index contributed by atoms with van der Waals surface area (Å²) in [5.74, 6) is 1.93. The van der Waals surface area contributed by atoms with Gasteiger partial charge in [-0.2, -0.15) is 0 Å². The van der Waals surface area contributed by atoms with E-state index in [1.165, 1.54) is 0 Å². The van der Waals surface area contributed by atoms with Crippen LogP contribution in [0.1, 0.15) is 30.0 Å². The number of aromatic nitrogens is 3. The van der Waals surface area contributed by atoms with Crippen molar-refractivity contribution in [3.05, 3.63) is 42.0 Å². The SMILES string of the molecule is Cc1cccnc1Nc1nccnc1[C@@H]1CCCN(CC(=O)N(C)C)C1. The second-order valence-corrected chi connectivity index (χ2v) is 6.95. The zero-order valence-corrected chi connectivity index (χ0v) is 15.6. The number of piperidine rings is 1. The zero-order chi connectivity index (χ0) is 18.5. The third-order valence-corrected chi connectivity index (χ3v) is 4.72. The molecule has 0 radical (unpaired) electrons. The molecule has 1 amide bonds. The molecule has 1 aliphatic heterocycles. The minimum absolute atomic E-state index is 0.132. The smallest absolute Gasteiger partial charge is 0.236 e. The van der Waals surface area contributed by atoms with Crippen molar-refractivity contribution in [2.45, 2.75) is 25.7 Å². The Balaban J connectivity index is 1.76. The first-order chi connectivity index (χ1) is 12.5. The normalized spacial score (nSPS) is 17.7. The van der Waals surface area contributed by atoms with Gasteiger partial charge < -0.3 is 10.2 Å². The van der Waals surface area contributed by atoms with E-state index < -0.39 is 0 Å². The molecular weight excluding hydrogens is 328 g/mol. The Bertz CT molecular complexity index is 763. The molecule has 0 spiro atoms. The van der Waals surface area contributed by atoms with Gasteiger partial charge in [-0.15, -0.1) is 0 Å². The average Bonchev–Trinajstić information content (AvgIpc) is 2.64. The first-order valence-electron chi connectivity index (χ1n) is 8.96. The fourth-order valence-electron chi connectivity index (χ4n) is 3.23. The van der Waals surface area contributed by atoms with Crippen molar-refractivity contribution in [1.29, 1.82) is 0 Å². The number of nitrogens with zero attached hydrogens (tertiary/aromatic N) is 5. The van der Waals surface area contributed by atoms with Crippen molar-refractivity contribution in [3.63, 3.8) is 0 Å². The summed E-state index contributed by atoms with van der Waals surface area (Å²) in [5.41, 5.74) is 2.01. The number of likely N-dealkylation sites (tertiary alicyclic amines) is 1. The molecule has 1 atom stereocenters. The van der Waals surface area contributed by atoms with Gasteiger partial charge in [0.1, 0.15) is 5.82 Å². The summed E-state index contributed by atoms with van der Waals surface area (Å²) in [6.07, 6.45) is 7.28. The number of nitrogens with one attached hydrogen (secondary N) is 1. The lowest BCUT2D eigenvalue weighted by Gasteiger charge is -2.33. The zero-order valence-electron chi connectivity index (χ0n) is 15.6. The van der Waals surface area contributed by atoms with Crippen LogP contribution in [-0.4, -0.2) is 64.4 Å². The van der Waals surface area contributed by atoms with Gasteiger partial charge in [-0.25, -0.2) is 9.97 Å². The van der Waals surface area contributed by atoms with Gasteiger partial charge in [0.2, 0.25) is 5.91 Å². The molecule has 138 valence electrons. The molecule has 1 saturated heterocycles. The predicted octanol–water partition coefficient (Wildman–Crippen LogP) is 2.19. The average molecular weight is 354 g/mol. The molecule has 0 unspecified atom stereocenters. The van der Waals surface area contributed by atoms with Crippen LogP contribution in [0.4, 0.5) is 11.6 Å². The summed E-state index contributed by atoms with van der Waals surface area (Å²) in [5, 5.41) is 3.33. The minimum atomic E-state index is 0.132. The Labute approximate surface area is 154 Å². The topological polar surface area (TPSA) is 74.2 Å². The number of rotatable bonds is 5. The molecule has 0 saturated carbocycles. The van der Waals surface area contributed by atoms with Crippen molar-refractivity contribution < 1.29 is 4.79 Å². The monoisotopic (exact) mass is 354 g/mol. The van der Waals surface area contributed by atoms with Gasteiger partial charge in [0.25, 0.3) is 0 Å². The number of carbonyl (C=O) groups is 1. The van der Waals surface area contributed by atoms with Crippen LogP contribution in [0.5, 0.6) is 0 Å². The highest BCUT2D eigenvalue weighted by Gasteiger charge is 2.26. The number of hydrogen-bond acceptors (Lipinski definition) is 6. The molecule has 1 aliphatic rings. The van der Waals surface area contributed by atoms with E-state index in [1.54, 1.807) is 37.6 Å². The molecule has 3 rings (SSSR count). The highest BCUT2D eigenvalue weighted by atomic mass is 16.2. The van der Waals surface area contributed by atoms with E-state index in [-0.39, 0.29) is 11.8 Å². The van der Waals surface area contributed by atoms with E-state index in [0.717, 1.165) is 48.8 Å². The highest BCUT2D eigenvalue weighted by molar-refractivity contribution is 5.77. The highest BCUT2D eigenvalue weighted by Crippen LogP contribution is 2.30. The number of pyridine rings is 1. The summed E-state index contributed by atoms with van der Waals surface area (Å²) >= 11 is 0. The van der Waals surface area contributed by atoms with Crippen molar-refractivity contribution in [2.75, 3.05) is 39.0 Å². The van der Waals surface area contributed by atoms with Gasteiger partial charge in [0, 0.05) is 45.1 Å². The Kier molecular flexibility index (Phi) is 5.78. The molecule has 2 aromatic heterocycles. The molecule has 2 aromatic rings. The van der Waals surface area contributed by atoms with Crippen molar-refractivity contribution >= 4 is 17.5 Å². The van der Waals surface area contributed by atoms with Crippen LogP contribution in [0.15, 0.2) is 30.7 Å². The lowest BCUT2D eigenvalue weighted by Crippen LogP contribution is -2.41. The second-order valence-electron chi connectivity index (χ2n) is 6.95. The third-order valence-electron chi connectivity index (χ3n) is 4.72. The number of carbonyl (C=O) groups excluding carboxylic acids is 1. The van der Waals surface area contributed by atoms with Gasteiger partial charge in [0.05, 0.1) is 12.2 Å². The van der Waals surface area contributed by atoms with Gasteiger partial charge in [-0.05, 0) is 37.9 Å². The maximum atomic E-state index is 12.0. The number of likely N-dealkylation sites (N-methyl/N-ethyl adjacent to an activating group) is 1. The third kappa shape index (κ3) is 4.35. The Morgan fingerprint density at radius 3 is 2.77 bits per heavy atom. The standard InChI is InChI=1S/C19H26N6O/c1-14-6-4-8-21-18(14)23-19-17(20-9-10-22-19)15-7-5-11-25(12-15)13-16(26)24(2)3/h4,6,8-10,15H,5,7,11-13H2,1-3H3,(H,21,22,23)/t15-/m1/s1. The van der Waals surface area contributed by atoms with E-state index in [2.05, 4.69) is 25.2 Å². The quantitative estimate of drug-likeness (QED) is 0.887. The fourth-order valence-corrected chi connectivity index (χ4v) is 3.23. The first-order valence-corrected chi connectivity index (χ1v) is 8.96. The van der Waals surface area contributed by atoms with Crippen LogP contribution in [0, 0.1) is 6.92 Å². The fraction of sp³-hybridized carbons (Fsp3) is 0.474. The molecular formula is C19H26N6O. The molecule has 26 heavy (non-hydrogen) atoms. The molecule has 1 fully saturated rings. The maximum Gasteiger partial charge on any atom is 0.236 e. The summed E-state index contributed by atoms with van der Waals surface area (Å²) in [7, 11) is 3.59. The first kappa shape index (κ1) is 18.3. The minimum Gasteiger partial charge on any atom is -0.348 e. The van der Waals surface area contributed by atoms with Crippen LogP contribution < -0.4 is 5.32 Å². The Morgan fingerprint density at radius 1 is 1.23 bits per heavy atom. The molecule has 1 N–H and O–H groups in total. The summed E-state index contributed by atoms with van der Waals surface area (Å²) in [6.45, 7) is 4.22. The maximum absolute atomic E-state index is 12.0. The van der Waals surface area contributed by atoms with Gasteiger partial charge in [-0.3, -0.25) is 14.7 Å². The number of hydrogen-bond donors (Lipinski definition) is 1. The molecule has 7 nitrogen and oxygen atoms in total. The van der Waals surface area contributed by atoms with E-state index >= 15 is 0 Å². The largest absolute Gasteiger partial charge is 0.348 e. The van der Waals surface area contributed by atoms with Gasteiger partial charge in [0.15, 0.2) is 5.82 Å². The van der Waals surface area contributed by atoms with Crippen LogP contribution in [0.3, 0.4) is 0 Å². The molecule has 0 bridgehead atoms. The van der Waals surface area contributed by atoms with Crippen LogP contribution >= 0.6 is 0 Å². The van der Waals surface area contributed by atoms with Gasteiger partial charge >= 0.3 is 0 Å². The van der Waals surface area contributed by atoms with Crippen molar-refractivity contribution in [1.82, 2.24) is 24.8 Å². The van der Waals surface area contributed by atoms with Gasteiger partial charge in [-0.1, -0.05) is 6.07 Å². The second kappa shape index (κ2) is 8.23. The lowest BCUT2D eigenvalue weighted by atomic mass is 9.94. The van der Waals surface area contributed by atoms with Crippen molar-refractivity contribution in [3.8, 4) is 0 Å². The Morgan fingerprint density at radius 2 is 2.00 bits per heavy atom. The van der Waals surface area contributed by atoms with Crippen molar-refractivity contribution in [2.24, 2.45) is 0 Å². The molecule has 0 aliphatic carbocycles. The van der Waals surface area contributed by atoms with Crippen LogP contribution in [0.2, 0.25) is 0 Å². The van der Waals surface area contributed by atoms with E-state index in [9.17, 15) is 4.79 Å². The lowest BCUT2D eigenvalue weighted by molar-refractivity contribution is -0.130. The summed E-state index contributed by atoms with van der Waals surface area (Å²) in [4.78, 5) is 29.4. The summed E-state index contributed by atoms with van der Waals surface area (Å²) < 4.78 is 0. The predicted molar refractivity (Wildman–Crippen MR) is 101 cm³/mol. The summed E-state index contributed by atoms with van der Waals surface area (Å²) in [6, 6.07) is 3.93. The Hall–Kier alpha value is -2.54. The molecule has 3 heterocycles. The van der Waals surface area contributed by atoms with E-state index in [1.807, 2.05) is 19.1 Å². The number of amides is 1. The van der Waals surface area contributed by atoms with E-state index in [0.29, 0.717) is 6.54 Å². The number of anilines is 2. The van der Waals surface area contributed by atoms with Crippen LogP contribution in [-0.2, 0) is 4.79 Å². The van der Waals surface area contributed by atoms with E-state index in [4.69, 9.17) is 0 Å². The molecule has 0 aromatic carbocycles.